The highest BCUT2D eigenvalue weighted by molar-refractivity contribution is 5.94. The molecule has 110 valence electrons. The molecule has 1 aromatic rings. The van der Waals surface area contributed by atoms with E-state index in [0.717, 1.165) is 6.07 Å². The highest BCUT2D eigenvalue weighted by Crippen LogP contribution is 2.21. The fourth-order valence-corrected chi connectivity index (χ4v) is 1.42. The third-order valence-corrected chi connectivity index (χ3v) is 3.22. The Labute approximate surface area is 113 Å². The molecule has 1 amide bonds. The molecular formula is C13H14F3NO3. The van der Waals surface area contributed by atoms with E-state index in [1.54, 1.807) is 6.92 Å². The summed E-state index contributed by atoms with van der Waals surface area (Å²) >= 11 is 0. The van der Waals surface area contributed by atoms with Gasteiger partial charge in [-0.05, 0) is 25.5 Å². The van der Waals surface area contributed by atoms with E-state index >= 15 is 0 Å². The summed E-state index contributed by atoms with van der Waals surface area (Å²) in [5.41, 5.74) is -1.89. The lowest BCUT2D eigenvalue weighted by molar-refractivity contribution is -0.147. The van der Waals surface area contributed by atoms with Gasteiger partial charge >= 0.3 is 5.97 Å². The van der Waals surface area contributed by atoms with Crippen molar-refractivity contribution in [2.45, 2.75) is 20.3 Å². The van der Waals surface area contributed by atoms with Gasteiger partial charge in [0.05, 0.1) is 11.0 Å². The van der Waals surface area contributed by atoms with Crippen LogP contribution in [0.1, 0.15) is 30.6 Å². The number of rotatable bonds is 5. The number of aliphatic carboxylic acids is 1. The van der Waals surface area contributed by atoms with Gasteiger partial charge in [-0.2, -0.15) is 0 Å². The smallest absolute Gasteiger partial charge is 0.311 e. The number of amides is 1. The van der Waals surface area contributed by atoms with Crippen molar-refractivity contribution in [3.63, 3.8) is 0 Å². The van der Waals surface area contributed by atoms with Crippen LogP contribution in [0.4, 0.5) is 13.2 Å². The van der Waals surface area contributed by atoms with Crippen LogP contribution < -0.4 is 5.32 Å². The van der Waals surface area contributed by atoms with Crippen LogP contribution in [0.3, 0.4) is 0 Å². The summed E-state index contributed by atoms with van der Waals surface area (Å²) in [7, 11) is 0. The number of carboxylic acid groups (broad SMARTS) is 1. The minimum Gasteiger partial charge on any atom is -0.481 e. The molecule has 7 heteroatoms. The fraction of sp³-hybridized carbons (Fsp3) is 0.385. The molecule has 1 aromatic carbocycles. The molecule has 0 saturated heterocycles. The second-order valence-electron chi connectivity index (χ2n) is 4.62. The molecular weight excluding hydrogens is 275 g/mol. The van der Waals surface area contributed by atoms with Gasteiger partial charge in [0.15, 0.2) is 17.5 Å². The van der Waals surface area contributed by atoms with E-state index in [2.05, 4.69) is 5.32 Å². The van der Waals surface area contributed by atoms with Crippen LogP contribution in [-0.2, 0) is 4.79 Å². The first kappa shape index (κ1) is 16.0. The van der Waals surface area contributed by atoms with Crippen molar-refractivity contribution in [2.24, 2.45) is 5.41 Å². The first-order chi connectivity index (χ1) is 9.23. The highest BCUT2D eigenvalue weighted by atomic mass is 19.2. The van der Waals surface area contributed by atoms with Crippen molar-refractivity contribution in [1.29, 1.82) is 0 Å². The second-order valence-corrected chi connectivity index (χ2v) is 4.62. The molecule has 1 rings (SSSR count). The minimum atomic E-state index is -1.74. The summed E-state index contributed by atoms with van der Waals surface area (Å²) in [6.07, 6.45) is 0.239. The number of halogens is 3. The Morgan fingerprint density at radius 3 is 2.35 bits per heavy atom. The van der Waals surface area contributed by atoms with E-state index < -0.39 is 40.3 Å². The normalized spacial score (nSPS) is 13.7. The van der Waals surface area contributed by atoms with Crippen LogP contribution in [0.2, 0.25) is 0 Å². The van der Waals surface area contributed by atoms with Crippen LogP contribution >= 0.6 is 0 Å². The van der Waals surface area contributed by atoms with Crippen molar-refractivity contribution in [3.8, 4) is 0 Å². The quantitative estimate of drug-likeness (QED) is 0.818. The third-order valence-electron chi connectivity index (χ3n) is 3.22. The van der Waals surface area contributed by atoms with Crippen molar-refractivity contribution in [1.82, 2.24) is 5.32 Å². The fourth-order valence-electron chi connectivity index (χ4n) is 1.42. The predicted molar refractivity (Wildman–Crippen MR) is 64.7 cm³/mol. The molecule has 1 atom stereocenters. The van der Waals surface area contributed by atoms with Gasteiger partial charge in [-0.25, -0.2) is 13.2 Å². The maximum absolute atomic E-state index is 13.4. The van der Waals surface area contributed by atoms with Gasteiger partial charge in [-0.1, -0.05) is 6.92 Å². The molecule has 0 fully saturated rings. The van der Waals surface area contributed by atoms with E-state index in [9.17, 15) is 22.8 Å². The van der Waals surface area contributed by atoms with Gasteiger partial charge in [0.1, 0.15) is 0 Å². The molecule has 4 nitrogen and oxygen atoms in total. The predicted octanol–water partition coefficient (Wildman–Crippen LogP) is 2.33. The Morgan fingerprint density at radius 1 is 1.25 bits per heavy atom. The first-order valence-electron chi connectivity index (χ1n) is 5.88. The number of carboxylic acids is 1. The number of hydrogen-bond donors (Lipinski definition) is 2. The first-order valence-corrected chi connectivity index (χ1v) is 5.88. The average molecular weight is 289 g/mol. The lowest BCUT2D eigenvalue weighted by Gasteiger charge is -2.23. The summed E-state index contributed by atoms with van der Waals surface area (Å²) in [5, 5.41) is 11.2. The monoisotopic (exact) mass is 289 g/mol. The van der Waals surface area contributed by atoms with E-state index in [1.807, 2.05) is 0 Å². The molecule has 0 aliphatic rings. The number of carbonyl (C=O) groups is 2. The van der Waals surface area contributed by atoms with Crippen LogP contribution in [0.25, 0.3) is 0 Å². The van der Waals surface area contributed by atoms with Gasteiger partial charge in [-0.15, -0.1) is 0 Å². The molecule has 0 heterocycles. The number of carbonyl (C=O) groups excluding carboxylic acids is 1. The maximum Gasteiger partial charge on any atom is 0.311 e. The summed E-state index contributed by atoms with van der Waals surface area (Å²) < 4.78 is 39.1. The Bertz CT molecular complexity index is 548. The zero-order chi connectivity index (χ0) is 15.5. The number of benzene rings is 1. The maximum atomic E-state index is 13.4. The van der Waals surface area contributed by atoms with Crippen molar-refractivity contribution in [3.05, 3.63) is 35.1 Å². The van der Waals surface area contributed by atoms with E-state index in [-0.39, 0.29) is 13.0 Å². The van der Waals surface area contributed by atoms with Crippen molar-refractivity contribution in [2.75, 3.05) is 6.54 Å². The SMILES string of the molecule is CCC(C)(CNC(=O)c1ccc(F)c(F)c1F)C(=O)O. The lowest BCUT2D eigenvalue weighted by atomic mass is 9.87. The standard InChI is InChI=1S/C13H14F3NO3/c1-3-13(2,12(19)20)6-17-11(18)7-4-5-8(14)10(16)9(7)15/h4-5H,3,6H2,1-2H3,(H,17,18)(H,19,20). The molecule has 1 unspecified atom stereocenters. The Balaban J connectivity index is 2.88. The third kappa shape index (κ3) is 3.09. The van der Waals surface area contributed by atoms with Gasteiger partial charge in [-0.3, -0.25) is 9.59 Å². The topological polar surface area (TPSA) is 66.4 Å². The molecule has 2 N–H and O–H groups in total. The minimum absolute atomic E-state index is 0.239. The Kier molecular flexibility index (Phi) is 4.75. The van der Waals surface area contributed by atoms with Gasteiger partial charge in [0.2, 0.25) is 0 Å². The van der Waals surface area contributed by atoms with Gasteiger partial charge in [0.25, 0.3) is 5.91 Å². The van der Waals surface area contributed by atoms with Crippen molar-refractivity contribution >= 4 is 11.9 Å². The van der Waals surface area contributed by atoms with Gasteiger partial charge in [0, 0.05) is 6.54 Å². The number of nitrogens with one attached hydrogen (secondary N) is 1. The largest absolute Gasteiger partial charge is 0.481 e. The Morgan fingerprint density at radius 2 is 1.85 bits per heavy atom. The zero-order valence-corrected chi connectivity index (χ0v) is 11.0. The molecule has 0 bridgehead atoms. The molecule has 0 radical (unpaired) electrons. The molecule has 0 saturated carbocycles. The van der Waals surface area contributed by atoms with Crippen LogP contribution in [0.5, 0.6) is 0 Å². The average Bonchev–Trinajstić information content (AvgIpc) is 2.41. The van der Waals surface area contributed by atoms with Crippen LogP contribution in [-0.4, -0.2) is 23.5 Å². The molecule has 0 aromatic heterocycles. The van der Waals surface area contributed by atoms with Crippen LogP contribution in [0, 0.1) is 22.9 Å². The Hall–Kier alpha value is -2.05. The molecule has 0 aliphatic heterocycles. The van der Waals surface area contributed by atoms with E-state index in [4.69, 9.17) is 5.11 Å². The lowest BCUT2D eigenvalue weighted by Crippen LogP contribution is -2.40. The van der Waals surface area contributed by atoms with Crippen LogP contribution in [0.15, 0.2) is 12.1 Å². The summed E-state index contributed by atoms with van der Waals surface area (Å²) in [6.45, 7) is 2.78. The summed E-state index contributed by atoms with van der Waals surface area (Å²) in [4.78, 5) is 22.7. The second kappa shape index (κ2) is 5.94. The van der Waals surface area contributed by atoms with Crippen molar-refractivity contribution < 1.29 is 27.9 Å². The molecule has 20 heavy (non-hydrogen) atoms. The summed E-state index contributed by atoms with van der Waals surface area (Å²) in [6, 6.07) is 1.43. The summed E-state index contributed by atoms with van der Waals surface area (Å²) in [5.74, 6) is -6.86. The molecule has 0 aliphatic carbocycles. The van der Waals surface area contributed by atoms with E-state index in [0.29, 0.717) is 6.07 Å². The molecule has 0 spiro atoms. The van der Waals surface area contributed by atoms with Gasteiger partial charge < -0.3 is 10.4 Å². The zero-order valence-electron chi connectivity index (χ0n) is 11.0. The van der Waals surface area contributed by atoms with E-state index in [1.165, 1.54) is 6.92 Å². The number of hydrogen-bond acceptors (Lipinski definition) is 2. The highest BCUT2D eigenvalue weighted by Gasteiger charge is 2.32.